The van der Waals surface area contributed by atoms with Crippen LogP contribution in [-0.4, -0.2) is 5.91 Å². The summed E-state index contributed by atoms with van der Waals surface area (Å²) in [6.07, 6.45) is 0. The van der Waals surface area contributed by atoms with E-state index in [1.54, 1.807) is 12.1 Å². The van der Waals surface area contributed by atoms with Crippen molar-refractivity contribution in [1.29, 1.82) is 0 Å². The van der Waals surface area contributed by atoms with E-state index in [4.69, 9.17) is 0 Å². The second kappa shape index (κ2) is 7.53. The van der Waals surface area contributed by atoms with E-state index in [0.717, 1.165) is 11.3 Å². The first-order valence-electron chi connectivity index (χ1n) is 8.07. The van der Waals surface area contributed by atoms with Gasteiger partial charge in [0, 0.05) is 5.56 Å². The zero-order valence-corrected chi connectivity index (χ0v) is 14.2. The van der Waals surface area contributed by atoms with Gasteiger partial charge in [0.2, 0.25) is 0 Å². The van der Waals surface area contributed by atoms with Crippen LogP contribution in [0.15, 0.2) is 83.0 Å². The molecule has 1 amide bonds. The van der Waals surface area contributed by atoms with Crippen molar-refractivity contribution in [3.63, 3.8) is 0 Å². The molecule has 4 heteroatoms. The molecular weight excluding hydrogens is 310 g/mol. The van der Waals surface area contributed by atoms with Crippen LogP contribution in [0.25, 0.3) is 0 Å². The first kappa shape index (κ1) is 16.6. The molecule has 124 valence electrons. The lowest BCUT2D eigenvalue weighted by atomic mass is 10.1. The number of nitrogens with zero attached hydrogens (tertiary/aromatic N) is 2. The molecule has 0 heterocycles. The zero-order chi connectivity index (χ0) is 17.6. The Labute approximate surface area is 147 Å². The molecule has 0 aromatic heterocycles. The standard InChI is InChI=1S/C21H19N3O/c1-15-8-11-18(12-9-15)23-24-19-13-10-16(2)14-20(19)22-21(25)17-6-4-3-5-7-17/h3-14H,1-2H3,(H,22,25). The number of anilines is 1. The average molecular weight is 329 g/mol. The number of nitrogens with one attached hydrogen (secondary N) is 1. The maximum absolute atomic E-state index is 12.4. The highest BCUT2D eigenvalue weighted by atomic mass is 16.1. The van der Waals surface area contributed by atoms with Gasteiger partial charge in [-0.15, -0.1) is 5.11 Å². The third kappa shape index (κ3) is 4.38. The minimum atomic E-state index is -0.169. The Balaban J connectivity index is 1.85. The minimum absolute atomic E-state index is 0.169. The van der Waals surface area contributed by atoms with Crippen LogP contribution in [0.1, 0.15) is 21.5 Å². The monoisotopic (exact) mass is 329 g/mol. The van der Waals surface area contributed by atoms with Gasteiger partial charge in [-0.25, -0.2) is 0 Å². The largest absolute Gasteiger partial charge is 0.320 e. The van der Waals surface area contributed by atoms with Crippen molar-refractivity contribution in [3.8, 4) is 0 Å². The molecule has 3 rings (SSSR count). The number of hydrogen-bond donors (Lipinski definition) is 1. The van der Waals surface area contributed by atoms with Gasteiger partial charge in [-0.2, -0.15) is 5.11 Å². The number of aryl methyl sites for hydroxylation is 2. The molecule has 0 fully saturated rings. The second-order valence-electron chi connectivity index (χ2n) is 5.88. The summed E-state index contributed by atoms with van der Waals surface area (Å²) in [4.78, 5) is 12.4. The van der Waals surface area contributed by atoms with E-state index in [1.807, 2.05) is 74.5 Å². The molecule has 0 saturated heterocycles. The molecule has 3 aromatic carbocycles. The molecule has 3 aromatic rings. The van der Waals surface area contributed by atoms with E-state index in [0.29, 0.717) is 16.9 Å². The number of benzene rings is 3. The van der Waals surface area contributed by atoms with Gasteiger partial charge in [0.1, 0.15) is 5.69 Å². The number of hydrogen-bond acceptors (Lipinski definition) is 3. The fraction of sp³-hybridized carbons (Fsp3) is 0.0952. The van der Waals surface area contributed by atoms with Crippen LogP contribution in [0.3, 0.4) is 0 Å². The zero-order valence-electron chi connectivity index (χ0n) is 14.2. The quantitative estimate of drug-likeness (QED) is 0.589. The van der Waals surface area contributed by atoms with Crippen molar-refractivity contribution < 1.29 is 4.79 Å². The van der Waals surface area contributed by atoms with E-state index in [1.165, 1.54) is 5.56 Å². The third-order valence-electron chi connectivity index (χ3n) is 3.74. The van der Waals surface area contributed by atoms with Gasteiger partial charge in [-0.3, -0.25) is 4.79 Å². The second-order valence-corrected chi connectivity index (χ2v) is 5.88. The van der Waals surface area contributed by atoms with Crippen molar-refractivity contribution in [1.82, 2.24) is 0 Å². The van der Waals surface area contributed by atoms with Crippen molar-refractivity contribution in [2.24, 2.45) is 10.2 Å². The number of carbonyl (C=O) groups excluding carboxylic acids is 1. The fourth-order valence-corrected chi connectivity index (χ4v) is 2.34. The van der Waals surface area contributed by atoms with Gasteiger partial charge < -0.3 is 5.32 Å². The van der Waals surface area contributed by atoms with Crippen molar-refractivity contribution in [2.75, 3.05) is 5.32 Å². The van der Waals surface area contributed by atoms with E-state index in [-0.39, 0.29) is 5.91 Å². The summed E-state index contributed by atoms with van der Waals surface area (Å²) in [6, 6.07) is 22.6. The summed E-state index contributed by atoms with van der Waals surface area (Å²) in [6.45, 7) is 4.00. The summed E-state index contributed by atoms with van der Waals surface area (Å²) < 4.78 is 0. The van der Waals surface area contributed by atoms with Gasteiger partial charge >= 0.3 is 0 Å². The van der Waals surface area contributed by atoms with Crippen LogP contribution < -0.4 is 5.32 Å². The first-order valence-corrected chi connectivity index (χ1v) is 8.07. The van der Waals surface area contributed by atoms with Crippen LogP contribution in [0.5, 0.6) is 0 Å². The van der Waals surface area contributed by atoms with E-state index in [2.05, 4.69) is 15.5 Å². The van der Waals surface area contributed by atoms with E-state index in [9.17, 15) is 4.79 Å². The molecular formula is C21H19N3O. The van der Waals surface area contributed by atoms with E-state index < -0.39 is 0 Å². The van der Waals surface area contributed by atoms with Crippen LogP contribution in [0.4, 0.5) is 17.1 Å². The Kier molecular flexibility index (Phi) is 5.00. The molecule has 0 aliphatic heterocycles. The van der Waals surface area contributed by atoms with Crippen molar-refractivity contribution >= 4 is 23.0 Å². The Bertz CT molecular complexity index is 900. The minimum Gasteiger partial charge on any atom is -0.320 e. The Morgan fingerprint density at radius 3 is 2.20 bits per heavy atom. The van der Waals surface area contributed by atoms with Crippen LogP contribution in [-0.2, 0) is 0 Å². The molecule has 0 bridgehead atoms. The Morgan fingerprint density at radius 1 is 0.800 bits per heavy atom. The fourth-order valence-electron chi connectivity index (χ4n) is 2.34. The van der Waals surface area contributed by atoms with Gasteiger partial charge in [-0.05, 0) is 55.8 Å². The number of amides is 1. The number of rotatable bonds is 4. The van der Waals surface area contributed by atoms with Gasteiger partial charge in [0.05, 0.1) is 11.4 Å². The molecule has 4 nitrogen and oxygen atoms in total. The molecule has 1 N–H and O–H groups in total. The molecule has 0 spiro atoms. The summed E-state index contributed by atoms with van der Waals surface area (Å²) in [5.41, 5.74) is 4.85. The molecule has 25 heavy (non-hydrogen) atoms. The molecule has 0 unspecified atom stereocenters. The summed E-state index contributed by atoms with van der Waals surface area (Å²) in [7, 11) is 0. The highest BCUT2D eigenvalue weighted by Crippen LogP contribution is 2.28. The van der Waals surface area contributed by atoms with Gasteiger partial charge in [-0.1, -0.05) is 42.0 Å². The topological polar surface area (TPSA) is 53.8 Å². The van der Waals surface area contributed by atoms with Gasteiger partial charge in [0.15, 0.2) is 0 Å². The number of azo groups is 1. The first-order chi connectivity index (χ1) is 12.1. The molecule has 0 radical (unpaired) electrons. The smallest absolute Gasteiger partial charge is 0.255 e. The molecule has 0 atom stereocenters. The summed E-state index contributed by atoms with van der Waals surface area (Å²) >= 11 is 0. The summed E-state index contributed by atoms with van der Waals surface area (Å²) in [5.74, 6) is -0.169. The van der Waals surface area contributed by atoms with Crippen LogP contribution >= 0.6 is 0 Å². The maximum Gasteiger partial charge on any atom is 0.255 e. The highest BCUT2D eigenvalue weighted by molar-refractivity contribution is 6.05. The van der Waals surface area contributed by atoms with Crippen LogP contribution in [0.2, 0.25) is 0 Å². The van der Waals surface area contributed by atoms with E-state index >= 15 is 0 Å². The maximum atomic E-state index is 12.4. The lowest BCUT2D eigenvalue weighted by molar-refractivity contribution is 0.102. The average Bonchev–Trinajstić information content (AvgIpc) is 2.63. The molecule has 0 aliphatic rings. The summed E-state index contributed by atoms with van der Waals surface area (Å²) in [5, 5.41) is 11.5. The molecule has 0 saturated carbocycles. The number of carbonyl (C=O) groups is 1. The van der Waals surface area contributed by atoms with Gasteiger partial charge in [0.25, 0.3) is 5.91 Å². The predicted molar refractivity (Wildman–Crippen MR) is 101 cm³/mol. The van der Waals surface area contributed by atoms with Crippen LogP contribution in [0, 0.1) is 13.8 Å². The highest BCUT2D eigenvalue weighted by Gasteiger charge is 2.09. The van der Waals surface area contributed by atoms with Crippen molar-refractivity contribution in [2.45, 2.75) is 13.8 Å². The van der Waals surface area contributed by atoms with Crippen molar-refractivity contribution in [3.05, 3.63) is 89.5 Å². The Morgan fingerprint density at radius 2 is 1.48 bits per heavy atom. The lowest BCUT2D eigenvalue weighted by Crippen LogP contribution is -2.11. The Hall–Kier alpha value is -3.27. The predicted octanol–water partition coefficient (Wildman–Crippen LogP) is 5.97. The molecule has 0 aliphatic carbocycles. The SMILES string of the molecule is Cc1ccc(N=Nc2ccc(C)cc2NC(=O)c2ccccc2)cc1. The normalized spacial score (nSPS) is 10.8. The third-order valence-corrected chi connectivity index (χ3v) is 3.74. The lowest BCUT2D eigenvalue weighted by Gasteiger charge is -2.09.